The Morgan fingerprint density at radius 3 is 2.89 bits per heavy atom. The highest BCUT2D eigenvalue weighted by Crippen LogP contribution is 2.23. The molecule has 2 N–H and O–H groups in total. The smallest absolute Gasteiger partial charge is 0.248 e. The van der Waals surface area contributed by atoms with Gasteiger partial charge in [-0.1, -0.05) is 12.1 Å². The number of phenols is 1. The minimum Gasteiger partial charge on any atom is -0.507 e. The number of hydrogen-bond acceptors (Lipinski definition) is 4. The number of rotatable bonds is 3. The van der Waals surface area contributed by atoms with E-state index < -0.39 is 6.04 Å². The van der Waals surface area contributed by atoms with Crippen LogP contribution in [0.25, 0.3) is 0 Å². The van der Waals surface area contributed by atoms with Gasteiger partial charge in [0.2, 0.25) is 11.8 Å². The summed E-state index contributed by atoms with van der Waals surface area (Å²) in [6, 6.07) is 6.22. The molecule has 0 spiro atoms. The number of amides is 1. The van der Waals surface area contributed by atoms with Gasteiger partial charge in [-0.2, -0.15) is 0 Å². The molecule has 0 radical (unpaired) electrons. The van der Waals surface area contributed by atoms with Crippen LogP contribution in [0.15, 0.2) is 29.3 Å². The fraction of sp³-hybridized carbons (Fsp3) is 0.385. The van der Waals surface area contributed by atoms with Gasteiger partial charge < -0.3 is 15.2 Å². The van der Waals surface area contributed by atoms with Crippen molar-refractivity contribution < 1.29 is 14.6 Å². The van der Waals surface area contributed by atoms with Gasteiger partial charge in [0.05, 0.1) is 5.56 Å². The van der Waals surface area contributed by atoms with Gasteiger partial charge in [0, 0.05) is 6.54 Å². The Kier molecular flexibility index (Phi) is 3.50. The largest absolute Gasteiger partial charge is 0.507 e. The van der Waals surface area contributed by atoms with Gasteiger partial charge in [0.1, 0.15) is 11.9 Å². The second-order valence-electron chi connectivity index (χ2n) is 4.11. The number of nitrogens with zero attached hydrogens (tertiary/aromatic N) is 1. The van der Waals surface area contributed by atoms with Crippen LogP contribution in [0.3, 0.4) is 0 Å². The lowest BCUT2D eigenvalue weighted by atomic mass is 10.2. The Hall–Kier alpha value is -2.04. The van der Waals surface area contributed by atoms with Crippen molar-refractivity contribution >= 4 is 11.8 Å². The number of ether oxygens (including phenoxy) is 1. The third-order valence-electron chi connectivity index (χ3n) is 2.75. The second-order valence-corrected chi connectivity index (χ2v) is 4.11. The van der Waals surface area contributed by atoms with Crippen LogP contribution < -0.4 is 5.32 Å². The van der Waals surface area contributed by atoms with Gasteiger partial charge in [0.15, 0.2) is 6.04 Å². The van der Waals surface area contributed by atoms with Crippen LogP contribution in [0.2, 0.25) is 0 Å². The number of likely N-dealkylation sites (N-methyl/N-ethyl adjacent to an activating group) is 1. The van der Waals surface area contributed by atoms with Gasteiger partial charge >= 0.3 is 0 Å². The number of carbonyl (C=O) groups excluding carboxylic acids is 1. The minimum atomic E-state index is -0.556. The van der Waals surface area contributed by atoms with Crippen LogP contribution in [0.5, 0.6) is 5.75 Å². The van der Waals surface area contributed by atoms with E-state index in [1.165, 1.54) is 0 Å². The number of hydrogen-bond donors (Lipinski definition) is 2. The molecule has 18 heavy (non-hydrogen) atoms. The van der Waals surface area contributed by atoms with Gasteiger partial charge in [-0.25, -0.2) is 4.99 Å². The van der Waals surface area contributed by atoms with Crippen molar-refractivity contribution in [1.29, 1.82) is 0 Å². The maximum Gasteiger partial charge on any atom is 0.248 e. The predicted molar refractivity (Wildman–Crippen MR) is 67.7 cm³/mol. The van der Waals surface area contributed by atoms with Crippen LogP contribution in [-0.4, -0.2) is 35.6 Å². The van der Waals surface area contributed by atoms with Gasteiger partial charge in [-0.15, -0.1) is 0 Å². The number of phenolic OH excluding ortho intramolecular Hbond substituents is 1. The van der Waals surface area contributed by atoms with Gasteiger partial charge in [-0.05, 0) is 26.0 Å². The first-order valence-corrected chi connectivity index (χ1v) is 5.94. The fourth-order valence-electron chi connectivity index (χ4n) is 1.84. The van der Waals surface area contributed by atoms with Gasteiger partial charge in [-0.3, -0.25) is 4.79 Å². The molecule has 0 fully saturated rings. The molecule has 1 aromatic carbocycles. The van der Waals surface area contributed by atoms with Gasteiger partial charge in [0.25, 0.3) is 0 Å². The third kappa shape index (κ3) is 2.30. The number of para-hydroxylation sites is 1. The standard InChI is InChI=1S/C13H16N2O3/c1-3-14-12(17)11-8(2)18-13(15-11)9-6-4-5-7-10(9)16/h4-8,11,16H,3H2,1-2H3,(H,14,17)/t8-,11+/m1/s1. The zero-order valence-electron chi connectivity index (χ0n) is 10.4. The topological polar surface area (TPSA) is 70.9 Å². The first kappa shape index (κ1) is 12.4. The summed E-state index contributed by atoms with van der Waals surface area (Å²) in [5.41, 5.74) is 0.510. The SMILES string of the molecule is CCNC(=O)[C@H]1N=C(c2ccccc2O)O[C@@H]1C. The number of benzene rings is 1. The molecule has 1 heterocycles. The lowest BCUT2D eigenvalue weighted by Gasteiger charge is -2.11. The molecule has 1 aliphatic rings. The summed E-state index contributed by atoms with van der Waals surface area (Å²) in [5.74, 6) is 0.257. The molecule has 0 saturated carbocycles. The van der Waals surface area contributed by atoms with E-state index in [0.717, 1.165) is 0 Å². The zero-order chi connectivity index (χ0) is 13.1. The van der Waals surface area contributed by atoms with Crippen molar-refractivity contribution in [3.63, 3.8) is 0 Å². The van der Waals surface area contributed by atoms with E-state index in [9.17, 15) is 9.90 Å². The van der Waals surface area contributed by atoms with Crippen LogP contribution in [0.4, 0.5) is 0 Å². The molecule has 0 unspecified atom stereocenters. The van der Waals surface area contributed by atoms with E-state index in [0.29, 0.717) is 18.0 Å². The highest BCUT2D eigenvalue weighted by molar-refractivity contribution is 6.00. The van der Waals surface area contributed by atoms with E-state index >= 15 is 0 Å². The van der Waals surface area contributed by atoms with Crippen LogP contribution in [0.1, 0.15) is 19.4 Å². The van der Waals surface area contributed by atoms with Crippen molar-refractivity contribution in [2.45, 2.75) is 26.0 Å². The summed E-state index contributed by atoms with van der Waals surface area (Å²) in [7, 11) is 0. The van der Waals surface area contributed by atoms with Crippen molar-refractivity contribution in [1.82, 2.24) is 5.32 Å². The number of aliphatic imine (C=N–C) groups is 1. The predicted octanol–water partition coefficient (Wildman–Crippen LogP) is 1.06. The van der Waals surface area contributed by atoms with Crippen LogP contribution in [0, 0.1) is 0 Å². The summed E-state index contributed by atoms with van der Waals surface area (Å²) in [6.07, 6.45) is -0.328. The van der Waals surface area contributed by atoms with Crippen LogP contribution in [-0.2, 0) is 9.53 Å². The summed E-state index contributed by atoms with van der Waals surface area (Å²) in [5, 5.41) is 12.4. The maximum atomic E-state index is 11.8. The molecule has 0 aliphatic carbocycles. The molecule has 2 atom stereocenters. The van der Waals surface area contributed by atoms with Crippen molar-refractivity contribution in [2.24, 2.45) is 4.99 Å². The lowest BCUT2D eigenvalue weighted by molar-refractivity contribution is -0.123. The number of nitrogens with one attached hydrogen (secondary N) is 1. The molecule has 5 heteroatoms. The van der Waals surface area contributed by atoms with E-state index in [2.05, 4.69) is 10.3 Å². The minimum absolute atomic E-state index is 0.0972. The van der Waals surface area contributed by atoms with E-state index in [-0.39, 0.29) is 17.8 Å². The Morgan fingerprint density at radius 2 is 2.22 bits per heavy atom. The first-order chi connectivity index (χ1) is 8.63. The summed E-state index contributed by atoms with van der Waals surface area (Å²) >= 11 is 0. The van der Waals surface area contributed by atoms with Crippen molar-refractivity contribution in [3.05, 3.63) is 29.8 Å². The second kappa shape index (κ2) is 5.08. The summed E-state index contributed by atoms with van der Waals surface area (Å²) in [4.78, 5) is 16.0. The van der Waals surface area contributed by atoms with E-state index in [4.69, 9.17) is 4.74 Å². The zero-order valence-corrected chi connectivity index (χ0v) is 10.4. The number of carbonyl (C=O) groups is 1. The van der Waals surface area contributed by atoms with Crippen LogP contribution >= 0.6 is 0 Å². The average Bonchev–Trinajstić information content (AvgIpc) is 2.72. The Labute approximate surface area is 105 Å². The number of aromatic hydroxyl groups is 1. The molecular weight excluding hydrogens is 232 g/mol. The van der Waals surface area contributed by atoms with E-state index in [1.807, 2.05) is 6.92 Å². The van der Waals surface area contributed by atoms with Crippen molar-refractivity contribution in [2.75, 3.05) is 6.54 Å². The molecular formula is C13H16N2O3. The maximum absolute atomic E-state index is 11.8. The molecule has 1 amide bonds. The molecule has 0 saturated heterocycles. The first-order valence-electron chi connectivity index (χ1n) is 5.94. The quantitative estimate of drug-likeness (QED) is 0.840. The van der Waals surface area contributed by atoms with E-state index in [1.54, 1.807) is 31.2 Å². The highest BCUT2D eigenvalue weighted by atomic mass is 16.5. The molecule has 5 nitrogen and oxygen atoms in total. The normalized spacial score (nSPS) is 22.2. The summed E-state index contributed by atoms with van der Waals surface area (Å²) < 4.78 is 5.54. The Bertz CT molecular complexity index is 485. The molecule has 96 valence electrons. The van der Waals surface area contributed by atoms with Crippen molar-refractivity contribution in [3.8, 4) is 5.75 Å². The Morgan fingerprint density at radius 1 is 1.50 bits per heavy atom. The molecule has 2 rings (SSSR count). The highest BCUT2D eigenvalue weighted by Gasteiger charge is 2.34. The molecule has 0 bridgehead atoms. The molecule has 1 aromatic rings. The summed E-state index contributed by atoms with van der Waals surface area (Å²) in [6.45, 7) is 4.20. The Balaban J connectivity index is 2.24. The fourth-order valence-corrected chi connectivity index (χ4v) is 1.84. The molecule has 1 aliphatic heterocycles. The monoisotopic (exact) mass is 248 g/mol. The lowest BCUT2D eigenvalue weighted by Crippen LogP contribution is -2.38. The molecule has 0 aromatic heterocycles. The third-order valence-corrected chi connectivity index (χ3v) is 2.75. The average molecular weight is 248 g/mol.